The normalized spacial score (nSPS) is 20.5. The van der Waals surface area contributed by atoms with E-state index in [9.17, 15) is 9.59 Å². The third kappa shape index (κ3) is 3.94. The molecule has 2 heterocycles. The summed E-state index contributed by atoms with van der Waals surface area (Å²) in [5.41, 5.74) is 1.87. The molecule has 0 spiro atoms. The lowest BCUT2D eigenvalue weighted by atomic mass is 9.90. The lowest BCUT2D eigenvalue weighted by Crippen LogP contribution is -2.38. The SMILES string of the molecule is COC(=O)C(CNC(=O)[C@H]1CNC[C@@H]1c1cnn(C)c1)c1ccccc1. The smallest absolute Gasteiger partial charge is 0.314 e. The van der Waals surface area contributed by atoms with Crippen molar-refractivity contribution in [2.45, 2.75) is 11.8 Å². The lowest BCUT2D eigenvalue weighted by molar-refractivity contribution is -0.142. The van der Waals surface area contributed by atoms with E-state index in [1.807, 2.05) is 43.6 Å². The standard InChI is InChI=1S/C19H24N4O3/c1-23-12-14(8-22-23)15-9-20-10-17(15)18(24)21-11-16(19(25)26-2)13-6-4-3-5-7-13/h3-8,12,15-17,20H,9-11H2,1-2H3,(H,21,24)/t15-,16?,17+/m1/s1. The van der Waals surface area contributed by atoms with Crippen LogP contribution in [0.2, 0.25) is 0 Å². The number of carbonyl (C=O) groups excluding carboxylic acids is 2. The third-order valence-corrected chi connectivity index (χ3v) is 4.87. The van der Waals surface area contributed by atoms with Gasteiger partial charge in [-0.1, -0.05) is 30.3 Å². The van der Waals surface area contributed by atoms with Gasteiger partial charge in [0, 0.05) is 38.8 Å². The summed E-state index contributed by atoms with van der Waals surface area (Å²) < 4.78 is 6.65. The quantitative estimate of drug-likeness (QED) is 0.748. The lowest BCUT2D eigenvalue weighted by Gasteiger charge is -2.20. The van der Waals surface area contributed by atoms with Gasteiger partial charge in [-0.05, 0) is 11.1 Å². The fourth-order valence-electron chi connectivity index (χ4n) is 3.43. The molecule has 1 aromatic heterocycles. The second kappa shape index (κ2) is 8.14. The number of nitrogens with one attached hydrogen (secondary N) is 2. The van der Waals surface area contributed by atoms with Crippen molar-refractivity contribution in [1.82, 2.24) is 20.4 Å². The van der Waals surface area contributed by atoms with Crippen LogP contribution in [0.4, 0.5) is 0 Å². The van der Waals surface area contributed by atoms with Gasteiger partial charge in [0.05, 0.1) is 25.1 Å². The van der Waals surface area contributed by atoms with Crippen molar-refractivity contribution in [1.29, 1.82) is 0 Å². The summed E-state index contributed by atoms with van der Waals surface area (Å²) in [6.45, 7) is 1.56. The first-order valence-corrected chi connectivity index (χ1v) is 8.70. The van der Waals surface area contributed by atoms with E-state index in [-0.39, 0.29) is 30.3 Å². The number of ether oxygens (including phenoxy) is 1. The highest BCUT2D eigenvalue weighted by molar-refractivity contribution is 5.83. The minimum Gasteiger partial charge on any atom is -0.468 e. The molecule has 1 fully saturated rings. The number of amides is 1. The molecule has 0 radical (unpaired) electrons. The molecule has 7 heteroatoms. The Labute approximate surface area is 152 Å². The van der Waals surface area contributed by atoms with Crippen LogP contribution in [0.5, 0.6) is 0 Å². The van der Waals surface area contributed by atoms with E-state index in [0.29, 0.717) is 6.54 Å². The monoisotopic (exact) mass is 356 g/mol. The molecule has 0 bridgehead atoms. The molecule has 26 heavy (non-hydrogen) atoms. The van der Waals surface area contributed by atoms with Crippen LogP contribution in [0.3, 0.4) is 0 Å². The Hall–Kier alpha value is -2.67. The van der Waals surface area contributed by atoms with Crippen molar-refractivity contribution >= 4 is 11.9 Å². The van der Waals surface area contributed by atoms with Gasteiger partial charge in [0.15, 0.2) is 0 Å². The van der Waals surface area contributed by atoms with E-state index in [0.717, 1.165) is 17.7 Å². The van der Waals surface area contributed by atoms with Crippen molar-refractivity contribution < 1.29 is 14.3 Å². The van der Waals surface area contributed by atoms with Gasteiger partial charge in [0.25, 0.3) is 0 Å². The Morgan fingerprint density at radius 2 is 2.12 bits per heavy atom. The van der Waals surface area contributed by atoms with Gasteiger partial charge in [-0.2, -0.15) is 5.10 Å². The van der Waals surface area contributed by atoms with Gasteiger partial charge in [-0.3, -0.25) is 14.3 Å². The molecule has 1 aliphatic heterocycles. The molecule has 3 atom stereocenters. The zero-order valence-corrected chi connectivity index (χ0v) is 15.0. The van der Waals surface area contributed by atoms with Crippen molar-refractivity contribution in [2.24, 2.45) is 13.0 Å². The summed E-state index contributed by atoms with van der Waals surface area (Å²) in [5, 5.41) is 10.4. The van der Waals surface area contributed by atoms with Crippen LogP contribution >= 0.6 is 0 Å². The van der Waals surface area contributed by atoms with Gasteiger partial charge in [0.1, 0.15) is 0 Å². The molecule has 0 saturated carbocycles. The minimum atomic E-state index is -0.517. The van der Waals surface area contributed by atoms with E-state index in [4.69, 9.17) is 4.74 Å². The van der Waals surface area contributed by atoms with Crippen LogP contribution in [0.1, 0.15) is 23.0 Å². The second-order valence-corrected chi connectivity index (χ2v) is 6.55. The first-order chi connectivity index (χ1) is 12.6. The third-order valence-electron chi connectivity index (χ3n) is 4.87. The number of aryl methyl sites for hydroxylation is 1. The number of aromatic nitrogens is 2. The fourth-order valence-corrected chi connectivity index (χ4v) is 3.43. The molecule has 1 saturated heterocycles. The average Bonchev–Trinajstić information content (AvgIpc) is 3.31. The molecular weight excluding hydrogens is 332 g/mol. The van der Waals surface area contributed by atoms with Gasteiger partial charge < -0.3 is 15.4 Å². The number of benzene rings is 1. The van der Waals surface area contributed by atoms with E-state index < -0.39 is 5.92 Å². The van der Waals surface area contributed by atoms with E-state index in [1.54, 1.807) is 10.9 Å². The second-order valence-electron chi connectivity index (χ2n) is 6.55. The Kier molecular flexibility index (Phi) is 5.68. The van der Waals surface area contributed by atoms with Crippen molar-refractivity contribution in [3.63, 3.8) is 0 Å². The van der Waals surface area contributed by atoms with Crippen LogP contribution in [0, 0.1) is 5.92 Å². The number of nitrogens with zero attached hydrogens (tertiary/aromatic N) is 2. The summed E-state index contributed by atoms with van der Waals surface area (Å²) in [4.78, 5) is 24.9. The molecule has 7 nitrogen and oxygen atoms in total. The van der Waals surface area contributed by atoms with Crippen molar-refractivity contribution in [3.05, 3.63) is 53.9 Å². The summed E-state index contributed by atoms with van der Waals surface area (Å²) >= 11 is 0. The van der Waals surface area contributed by atoms with Gasteiger partial charge in [-0.25, -0.2) is 0 Å². The zero-order chi connectivity index (χ0) is 18.5. The predicted octanol–water partition coefficient (Wildman–Crippen LogP) is 0.796. The summed E-state index contributed by atoms with van der Waals surface area (Å²) in [6.07, 6.45) is 3.75. The van der Waals surface area contributed by atoms with Crippen LogP contribution in [-0.2, 0) is 21.4 Å². The number of rotatable bonds is 6. The van der Waals surface area contributed by atoms with Crippen LogP contribution in [0.15, 0.2) is 42.7 Å². The molecule has 2 N–H and O–H groups in total. The van der Waals surface area contributed by atoms with E-state index in [1.165, 1.54) is 7.11 Å². The van der Waals surface area contributed by atoms with Crippen LogP contribution in [0.25, 0.3) is 0 Å². The zero-order valence-electron chi connectivity index (χ0n) is 15.0. The summed E-state index contributed by atoms with van der Waals surface area (Å²) in [5.74, 6) is -1.04. The Morgan fingerprint density at radius 3 is 2.77 bits per heavy atom. The molecule has 1 amide bonds. The van der Waals surface area contributed by atoms with Crippen molar-refractivity contribution in [2.75, 3.05) is 26.7 Å². The Balaban J connectivity index is 1.67. The molecular formula is C19H24N4O3. The Morgan fingerprint density at radius 1 is 1.35 bits per heavy atom. The van der Waals surface area contributed by atoms with Crippen molar-refractivity contribution in [3.8, 4) is 0 Å². The number of hydrogen-bond acceptors (Lipinski definition) is 5. The average molecular weight is 356 g/mol. The number of carbonyl (C=O) groups is 2. The van der Waals surface area contributed by atoms with E-state index in [2.05, 4.69) is 15.7 Å². The summed E-state index contributed by atoms with van der Waals surface area (Å²) in [6, 6.07) is 9.35. The topological polar surface area (TPSA) is 85.2 Å². The molecule has 1 aromatic carbocycles. The summed E-state index contributed by atoms with van der Waals surface area (Å²) in [7, 11) is 3.22. The maximum atomic E-state index is 12.8. The molecule has 1 unspecified atom stereocenters. The van der Waals surface area contributed by atoms with E-state index >= 15 is 0 Å². The molecule has 2 aromatic rings. The van der Waals surface area contributed by atoms with Crippen LogP contribution < -0.4 is 10.6 Å². The van der Waals surface area contributed by atoms with Gasteiger partial charge in [0.2, 0.25) is 5.91 Å². The molecule has 3 rings (SSSR count). The number of esters is 1. The highest BCUT2D eigenvalue weighted by Gasteiger charge is 2.35. The molecule has 1 aliphatic rings. The van der Waals surface area contributed by atoms with Gasteiger partial charge in [-0.15, -0.1) is 0 Å². The first kappa shape index (κ1) is 18.1. The minimum absolute atomic E-state index is 0.0614. The fraction of sp³-hybridized carbons (Fsp3) is 0.421. The molecule has 138 valence electrons. The highest BCUT2D eigenvalue weighted by Crippen LogP contribution is 2.28. The number of hydrogen-bond donors (Lipinski definition) is 2. The Bertz CT molecular complexity index is 759. The van der Waals surface area contributed by atoms with Crippen LogP contribution in [-0.4, -0.2) is 48.4 Å². The van der Waals surface area contributed by atoms with Gasteiger partial charge >= 0.3 is 5.97 Å². The largest absolute Gasteiger partial charge is 0.468 e. The number of methoxy groups -OCH3 is 1. The molecule has 0 aliphatic carbocycles. The first-order valence-electron chi connectivity index (χ1n) is 8.70. The maximum absolute atomic E-state index is 12.8. The maximum Gasteiger partial charge on any atom is 0.314 e. The predicted molar refractivity (Wildman–Crippen MR) is 96.5 cm³/mol. The highest BCUT2D eigenvalue weighted by atomic mass is 16.5.